The van der Waals surface area contributed by atoms with E-state index >= 15 is 0 Å². The van der Waals surface area contributed by atoms with E-state index in [1.807, 2.05) is 26.1 Å². The molecule has 0 amide bonds. The molecule has 2 aromatic rings. The average Bonchev–Trinajstić information content (AvgIpc) is 2.62. The molecule has 0 bridgehead atoms. The van der Waals surface area contributed by atoms with Gasteiger partial charge in [-0.05, 0) is 38.0 Å². The van der Waals surface area contributed by atoms with Crippen LogP contribution in [-0.4, -0.2) is 41.4 Å². The van der Waals surface area contributed by atoms with Crippen LogP contribution in [0.15, 0.2) is 30.6 Å². The van der Waals surface area contributed by atoms with E-state index in [1.165, 1.54) is 0 Å². The Balaban J connectivity index is 1.78. The van der Waals surface area contributed by atoms with Crippen molar-refractivity contribution in [2.45, 2.75) is 25.8 Å². The largest absolute Gasteiger partial charge is 0.368 e. The topological polar surface area (TPSA) is 68.9 Å². The van der Waals surface area contributed by atoms with E-state index in [0.717, 1.165) is 43.1 Å². The van der Waals surface area contributed by atoms with Crippen molar-refractivity contribution in [3.05, 3.63) is 41.9 Å². The lowest BCUT2D eigenvalue weighted by Gasteiger charge is -2.39. The summed E-state index contributed by atoms with van der Waals surface area (Å²) in [4.78, 5) is 8.60. The molecule has 1 fully saturated rings. The smallest absolute Gasteiger partial charge is 0.151 e. The zero-order valence-electron chi connectivity index (χ0n) is 13.5. The Hall–Kier alpha value is -2.68. The van der Waals surface area contributed by atoms with Crippen LogP contribution in [0.4, 0.5) is 11.5 Å². The van der Waals surface area contributed by atoms with Crippen LogP contribution >= 0.6 is 0 Å². The third kappa shape index (κ3) is 3.24. The van der Waals surface area contributed by atoms with Crippen LogP contribution in [0.1, 0.15) is 24.1 Å². The molecule has 1 atom stereocenters. The van der Waals surface area contributed by atoms with E-state index in [4.69, 9.17) is 0 Å². The van der Waals surface area contributed by atoms with Gasteiger partial charge in [-0.3, -0.25) is 4.98 Å². The number of piperidine rings is 1. The fourth-order valence-electron chi connectivity index (χ4n) is 3.00. The number of hydrogen-bond acceptors (Lipinski definition) is 6. The Morgan fingerprint density at radius 1 is 1.30 bits per heavy atom. The summed E-state index contributed by atoms with van der Waals surface area (Å²) in [5, 5.41) is 17.7. The van der Waals surface area contributed by atoms with Gasteiger partial charge in [0.25, 0.3) is 0 Å². The van der Waals surface area contributed by atoms with E-state index in [9.17, 15) is 5.26 Å². The molecule has 118 valence electrons. The Bertz CT molecular complexity index is 706. The third-order valence-electron chi connectivity index (χ3n) is 4.35. The van der Waals surface area contributed by atoms with E-state index in [1.54, 1.807) is 18.5 Å². The maximum Gasteiger partial charge on any atom is 0.151 e. The lowest BCUT2D eigenvalue weighted by molar-refractivity contribution is 0.484. The van der Waals surface area contributed by atoms with Crippen LogP contribution in [0.2, 0.25) is 0 Å². The van der Waals surface area contributed by atoms with Gasteiger partial charge in [0.15, 0.2) is 5.82 Å². The highest BCUT2D eigenvalue weighted by Crippen LogP contribution is 2.25. The first-order chi connectivity index (χ1) is 11.2. The second kappa shape index (κ2) is 6.61. The van der Waals surface area contributed by atoms with Gasteiger partial charge in [0.2, 0.25) is 0 Å². The number of likely N-dealkylation sites (N-methyl/N-ethyl adjacent to an activating group) is 1. The maximum absolute atomic E-state index is 9.29. The van der Waals surface area contributed by atoms with Gasteiger partial charge in [0.05, 0.1) is 23.1 Å². The molecular formula is C17H20N6. The van der Waals surface area contributed by atoms with E-state index in [0.29, 0.717) is 11.6 Å². The van der Waals surface area contributed by atoms with E-state index in [2.05, 4.69) is 31.1 Å². The third-order valence-corrected chi connectivity index (χ3v) is 4.35. The maximum atomic E-state index is 9.29. The van der Waals surface area contributed by atoms with Crippen LogP contribution in [-0.2, 0) is 0 Å². The molecule has 3 rings (SSSR count). The summed E-state index contributed by atoms with van der Waals surface area (Å²) in [6.45, 7) is 3.80. The monoisotopic (exact) mass is 308 g/mol. The summed E-state index contributed by atoms with van der Waals surface area (Å²) < 4.78 is 0. The summed E-state index contributed by atoms with van der Waals surface area (Å²) >= 11 is 0. The molecule has 6 heteroatoms. The number of hydrogen-bond donors (Lipinski definition) is 0. The van der Waals surface area contributed by atoms with E-state index in [-0.39, 0.29) is 0 Å². The van der Waals surface area contributed by atoms with Crippen LogP contribution < -0.4 is 9.80 Å². The van der Waals surface area contributed by atoms with Gasteiger partial charge in [-0.2, -0.15) is 10.4 Å². The zero-order valence-corrected chi connectivity index (χ0v) is 13.5. The Labute approximate surface area is 136 Å². The zero-order chi connectivity index (χ0) is 16.2. The molecule has 3 heterocycles. The molecule has 2 aromatic heterocycles. The second-order valence-corrected chi connectivity index (χ2v) is 5.89. The molecule has 0 spiro atoms. The van der Waals surface area contributed by atoms with Crippen molar-refractivity contribution >= 4 is 11.5 Å². The van der Waals surface area contributed by atoms with Gasteiger partial charge in [-0.1, -0.05) is 0 Å². The van der Waals surface area contributed by atoms with Gasteiger partial charge < -0.3 is 9.80 Å². The van der Waals surface area contributed by atoms with Crippen LogP contribution in [0.3, 0.4) is 0 Å². The average molecular weight is 308 g/mol. The molecule has 1 aliphatic rings. The number of rotatable bonds is 3. The minimum Gasteiger partial charge on any atom is -0.368 e. The first kappa shape index (κ1) is 15.2. The van der Waals surface area contributed by atoms with Gasteiger partial charge in [-0.15, -0.1) is 5.10 Å². The summed E-state index contributed by atoms with van der Waals surface area (Å²) in [5.41, 5.74) is 2.47. The highest BCUT2D eigenvalue weighted by Gasteiger charge is 2.25. The fourth-order valence-corrected chi connectivity index (χ4v) is 3.00. The number of nitriles is 1. The SMILES string of the molecule is Cc1ccc(N2CCCC(N(C)c3cnccc3C#N)C2)nn1. The second-order valence-electron chi connectivity index (χ2n) is 5.89. The highest BCUT2D eigenvalue weighted by molar-refractivity contribution is 5.58. The summed E-state index contributed by atoms with van der Waals surface area (Å²) in [5.74, 6) is 0.917. The van der Waals surface area contributed by atoms with Gasteiger partial charge in [0.1, 0.15) is 6.07 Å². The minimum absolute atomic E-state index is 0.322. The Morgan fingerprint density at radius 3 is 2.91 bits per heavy atom. The molecular weight excluding hydrogens is 288 g/mol. The molecule has 23 heavy (non-hydrogen) atoms. The van der Waals surface area contributed by atoms with Crippen LogP contribution in [0, 0.1) is 18.3 Å². The molecule has 6 nitrogen and oxygen atoms in total. The molecule has 1 unspecified atom stereocenters. The summed E-state index contributed by atoms with van der Waals surface area (Å²) in [7, 11) is 2.03. The van der Waals surface area contributed by atoms with Crippen LogP contribution in [0.5, 0.6) is 0 Å². The molecule has 1 aliphatic heterocycles. The van der Waals surface area contributed by atoms with Gasteiger partial charge in [-0.25, -0.2) is 0 Å². The quantitative estimate of drug-likeness (QED) is 0.865. The van der Waals surface area contributed by atoms with Crippen molar-refractivity contribution in [2.24, 2.45) is 0 Å². The van der Waals surface area contributed by atoms with Crippen molar-refractivity contribution in [1.29, 1.82) is 5.26 Å². The number of pyridine rings is 1. The molecule has 0 aliphatic carbocycles. The Kier molecular flexibility index (Phi) is 4.38. The van der Waals surface area contributed by atoms with Crippen molar-refractivity contribution in [3.8, 4) is 6.07 Å². The lowest BCUT2D eigenvalue weighted by Crippen LogP contribution is -2.47. The minimum atomic E-state index is 0.322. The number of nitrogens with zero attached hydrogens (tertiary/aromatic N) is 6. The summed E-state index contributed by atoms with van der Waals surface area (Å²) in [6.07, 6.45) is 5.60. The number of aryl methyl sites for hydroxylation is 1. The van der Waals surface area contributed by atoms with Crippen molar-refractivity contribution in [1.82, 2.24) is 15.2 Å². The molecule has 1 saturated heterocycles. The van der Waals surface area contributed by atoms with Crippen LogP contribution in [0.25, 0.3) is 0 Å². The first-order valence-electron chi connectivity index (χ1n) is 7.81. The van der Waals surface area contributed by atoms with Crippen molar-refractivity contribution in [2.75, 3.05) is 29.9 Å². The molecule has 0 N–H and O–H groups in total. The standard InChI is InChI=1S/C17H20N6/c1-13-5-6-17(21-20-13)23-9-3-4-15(12-23)22(2)16-11-19-8-7-14(16)10-18/h5-8,11,15H,3-4,9,12H2,1-2H3. The summed E-state index contributed by atoms with van der Waals surface area (Å²) in [6, 6.07) is 8.35. The number of aromatic nitrogens is 3. The molecule has 0 radical (unpaired) electrons. The fraction of sp³-hybridized carbons (Fsp3) is 0.412. The highest BCUT2D eigenvalue weighted by atomic mass is 15.3. The Morgan fingerprint density at radius 2 is 2.17 bits per heavy atom. The molecule has 0 aromatic carbocycles. The number of anilines is 2. The normalized spacial score (nSPS) is 17.6. The lowest BCUT2D eigenvalue weighted by atomic mass is 10.0. The first-order valence-corrected chi connectivity index (χ1v) is 7.81. The predicted molar refractivity (Wildman–Crippen MR) is 89.4 cm³/mol. The predicted octanol–water partition coefficient (Wildman–Crippen LogP) is 2.16. The van der Waals surface area contributed by atoms with E-state index < -0.39 is 0 Å². The van der Waals surface area contributed by atoms with Gasteiger partial charge in [0, 0.05) is 32.4 Å². The van der Waals surface area contributed by atoms with Gasteiger partial charge >= 0.3 is 0 Å². The molecule has 0 saturated carbocycles. The van der Waals surface area contributed by atoms with Crippen molar-refractivity contribution in [3.63, 3.8) is 0 Å². The van der Waals surface area contributed by atoms with Crippen molar-refractivity contribution < 1.29 is 0 Å².